The highest BCUT2D eigenvalue weighted by molar-refractivity contribution is 7.99. The highest BCUT2D eigenvalue weighted by Gasteiger charge is 2.22. The lowest BCUT2D eigenvalue weighted by Crippen LogP contribution is -2.34. The third-order valence-corrected chi connectivity index (χ3v) is 5.52. The van der Waals surface area contributed by atoms with Crippen LogP contribution in [0.5, 0.6) is 0 Å². The van der Waals surface area contributed by atoms with Gasteiger partial charge in [0, 0.05) is 23.1 Å². The molecule has 1 aliphatic heterocycles. The molecule has 0 radical (unpaired) electrons. The number of nitrogens with one attached hydrogen (secondary N) is 2. The standard InChI is InChI=1S/C12H17N5OS2/c1-5-6(2)20-11-9(5)10(13)14-12(15-11)19-4-7-3-8(18)17-16-7/h7-8,16-18H,3-4H2,1-2H3,(H2,13,14,15). The van der Waals surface area contributed by atoms with E-state index in [2.05, 4.69) is 34.7 Å². The first-order valence-corrected chi connectivity index (χ1v) is 8.20. The van der Waals surface area contributed by atoms with E-state index >= 15 is 0 Å². The third-order valence-electron chi connectivity index (χ3n) is 3.41. The first kappa shape index (κ1) is 14.0. The van der Waals surface area contributed by atoms with Crippen LogP contribution in [-0.2, 0) is 0 Å². The van der Waals surface area contributed by atoms with Gasteiger partial charge in [-0.2, -0.15) is 0 Å². The van der Waals surface area contributed by atoms with Crippen molar-refractivity contribution in [2.75, 3.05) is 11.5 Å². The molecule has 2 unspecified atom stereocenters. The van der Waals surface area contributed by atoms with Crippen LogP contribution in [0, 0.1) is 13.8 Å². The summed E-state index contributed by atoms with van der Waals surface area (Å²) in [6, 6.07) is 0.210. The molecule has 1 fully saturated rings. The predicted octanol–water partition coefficient (Wildman–Crippen LogP) is 1.17. The lowest BCUT2D eigenvalue weighted by atomic mass is 10.2. The Morgan fingerprint density at radius 3 is 2.90 bits per heavy atom. The summed E-state index contributed by atoms with van der Waals surface area (Å²) < 4.78 is 0. The molecule has 2 aromatic heterocycles. The molecule has 0 aromatic carbocycles. The number of nitrogen functional groups attached to an aromatic ring is 1. The number of hydrogen-bond donors (Lipinski definition) is 4. The van der Waals surface area contributed by atoms with Gasteiger partial charge in [-0.15, -0.1) is 11.3 Å². The molecule has 0 spiro atoms. The van der Waals surface area contributed by atoms with Crippen molar-refractivity contribution in [3.8, 4) is 0 Å². The van der Waals surface area contributed by atoms with Crippen molar-refractivity contribution >= 4 is 39.1 Å². The fraction of sp³-hybridized carbons (Fsp3) is 0.500. The fourth-order valence-corrected chi connectivity index (χ4v) is 4.19. The summed E-state index contributed by atoms with van der Waals surface area (Å²) in [6.45, 7) is 4.12. The zero-order chi connectivity index (χ0) is 14.3. The largest absolute Gasteiger partial charge is 0.383 e. The van der Waals surface area contributed by atoms with Crippen LogP contribution in [0.25, 0.3) is 10.2 Å². The van der Waals surface area contributed by atoms with E-state index in [1.54, 1.807) is 23.1 Å². The van der Waals surface area contributed by atoms with E-state index in [0.717, 1.165) is 16.0 Å². The highest BCUT2D eigenvalue weighted by atomic mass is 32.2. The van der Waals surface area contributed by atoms with Crippen LogP contribution in [0.1, 0.15) is 16.9 Å². The predicted molar refractivity (Wildman–Crippen MR) is 82.7 cm³/mol. The van der Waals surface area contributed by atoms with E-state index in [9.17, 15) is 5.11 Å². The summed E-state index contributed by atoms with van der Waals surface area (Å²) >= 11 is 3.21. The molecule has 0 saturated carbocycles. The maximum atomic E-state index is 9.38. The van der Waals surface area contributed by atoms with Gasteiger partial charge in [-0.3, -0.25) is 5.43 Å². The number of aryl methyl sites for hydroxylation is 2. The number of hydrazine groups is 1. The van der Waals surface area contributed by atoms with Gasteiger partial charge in [0.15, 0.2) is 5.16 Å². The molecule has 1 saturated heterocycles. The van der Waals surface area contributed by atoms with Gasteiger partial charge < -0.3 is 10.8 Å². The van der Waals surface area contributed by atoms with Gasteiger partial charge in [-0.05, 0) is 19.4 Å². The zero-order valence-corrected chi connectivity index (χ0v) is 12.9. The number of rotatable bonds is 3. The highest BCUT2D eigenvalue weighted by Crippen LogP contribution is 2.33. The SMILES string of the molecule is Cc1sc2nc(SCC3CC(O)NN3)nc(N)c2c1C. The summed E-state index contributed by atoms with van der Waals surface area (Å²) in [5.41, 5.74) is 13.0. The Kier molecular flexibility index (Phi) is 3.83. The molecule has 0 aliphatic carbocycles. The molecule has 20 heavy (non-hydrogen) atoms. The van der Waals surface area contributed by atoms with Crippen LogP contribution >= 0.6 is 23.1 Å². The Labute approximate surface area is 125 Å². The second-order valence-corrected chi connectivity index (χ2v) is 7.09. The van der Waals surface area contributed by atoms with Gasteiger partial charge >= 0.3 is 0 Å². The van der Waals surface area contributed by atoms with Crippen molar-refractivity contribution in [2.45, 2.75) is 37.7 Å². The Morgan fingerprint density at radius 1 is 1.40 bits per heavy atom. The van der Waals surface area contributed by atoms with Gasteiger partial charge in [0.2, 0.25) is 0 Å². The van der Waals surface area contributed by atoms with Crippen LogP contribution in [0.4, 0.5) is 5.82 Å². The molecular formula is C12H17N5OS2. The number of hydrogen-bond acceptors (Lipinski definition) is 8. The summed E-state index contributed by atoms with van der Waals surface area (Å²) in [6.07, 6.45) is 0.207. The minimum atomic E-state index is -0.475. The number of aliphatic hydroxyl groups is 1. The number of aliphatic hydroxyl groups excluding tert-OH is 1. The molecule has 2 aromatic rings. The smallest absolute Gasteiger partial charge is 0.190 e. The van der Waals surface area contributed by atoms with Crippen LogP contribution in [0.3, 0.4) is 0 Å². The number of thioether (sulfide) groups is 1. The average Bonchev–Trinajstić information content (AvgIpc) is 2.92. The lowest BCUT2D eigenvalue weighted by molar-refractivity contribution is 0.153. The molecule has 0 bridgehead atoms. The summed E-state index contributed by atoms with van der Waals surface area (Å²) in [4.78, 5) is 11.1. The maximum Gasteiger partial charge on any atom is 0.190 e. The van der Waals surface area contributed by atoms with Gasteiger partial charge in [-0.1, -0.05) is 11.8 Å². The van der Waals surface area contributed by atoms with Crippen molar-refractivity contribution in [3.05, 3.63) is 10.4 Å². The molecule has 2 atom stereocenters. The van der Waals surface area contributed by atoms with Gasteiger partial charge in [0.25, 0.3) is 0 Å². The number of thiophene rings is 1. The molecule has 3 rings (SSSR count). The average molecular weight is 311 g/mol. The number of fused-ring (bicyclic) bond motifs is 1. The first-order valence-electron chi connectivity index (χ1n) is 6.39. The van der Waals surface area contributed by atoms with Gasteiger partial charge in [-0.25, -0.2) is 15.4 Å². The number of anilines is 1. The molecule has 3 heterocycles. The van der Waals surface area contributed by atoms with E-state index in [1.165, 1.54) is 10.4 Å². The van der Waals surface area contributed by atoms with Crippen molar-refractivity contribution in [1.29, 1.82) is 0 Å². The summed E-state index contributed by atoms with van der Waals surface area (Å²) in [7, 11) is 0. The van der Waals surface area contributed by atoms with E-state index in [0.29, 0.717) is 17.4 Å². The second-order valence-electron chi connectivity index (χ2n) is 4.90. The van der Waals surface area contributed by atoms with E-state index in [1.807, 2.05) is 0 Å². The number of nitrogens with zero attached hydrogens (tertiary/aromatic N) is 2. The van der Waals surface area contributed by atoms with Crippen LogP contribution < -0.4 is 16.6 Å². The van der Waals surface area contributed by atoms with Crippen LogP contribution in [0.2, 0.25) is 0 Å². The molecular weight excluding hydrogens is 294 g/mol. The first-order chi connectivity index (χ1) is 9.54. The van der Waals surface area contributed by atoms with Crippen molar-refractivity contribution in [1.82, 2.24) is 20.8 Å². The maximum absolute atomic E-state index is 9.38. The van der Waals surface area contributed by atoms with Crippen LogP contribution in [-0.4, -0.2) is 33.1 Å². The van der Waals surface area contributed by atoms with Crippen molar-refractivity contribution in [2.24, 2.45) is 0 Å². The molecule has 1 aliphatic rings. The second kappa shape index (κ2) is 5.45. The Hall–Kier alpha value is -0.930. The minimum Gasteiger partial charge on any atom is -0.383 e. The molecule has 5 N–H and O–H groups in total. The lowest BCUT2D eigenvalue weighted by Gasteiger charge is -2.08. The molecule has 6 nitrogen and oxygen atoms in total. The molecule has 108 valence electrons. The Morgan fingerprint density at radius 2 is 2.20 bits per heavy atom. The fourth-order valence-electron chi connectivity index (χ4n) is 2.21. The van der Waals surface area contributed by atoms with E-state index in [4.69, 9.17) is 5.73 Å². The molecule has 8 heteroatoms. The third kappa shape index (κ3) is 2.61. The minimum absolute atomic E-state index is 0.210. The van der Waals surface area contributed by atoms with Crippen LogP contribution in [0.15, 0.2) is 5.16 Å². The van der Waals surface area contributed by atoms with Gasteiger partial charge in [0.05, 0.1) is 5.39 Å². The van der Waals surface area contributed by atoms with E-state index < -0.39 is 6.23 Å². The monoisotopic (exact) mass is 311 g/mol. The van der Waals surface area contributed by atoms with Crippen molar-refractivity contribution in [3.63, 3.8) is 0 Å². The van der Waals surface area contributed by atoms with Crippen molar-refractivity contribution < 1.29 is 5.11 Å². The normalized spacial score (nSPS) is 22.8. The number of nitrogens with two attached hydrogens (primary N) is 1. The zero-order valence-electron chi connectivity index (χ0n) is 11.3. The Bertz CT molecular complexity index is 644. The number of aromatic nitrogens is 2. The molecule has 0 amide bonds. The quantitative estimate of drug-likeness (QED) is 0.499. The topological polar surface area (TPSA) is 96.1 Å². The van der Waals surface area contributed by atoms with Gasteiger partial charge in [0.1, 0.15) is 16.9 Å². The summed E-state index contributed by atoms with van der Waals surface area (Å²) in [5, 5.41) is 11.1. The summed E-state index contributed by atoms with van der Waals surface area (Å²) in [5.74, 6) is 1.34. The Balaban J connectivity index is 1.79. The van der Waals surface area contributed by atoms with E-state index in [-0.39, 0.29) is 6.04 Å².